The van der Waals surface area contributed by atoms with Gasteiger partial charge in [-0.3, -0.25) is 4.79 Å². The molecule has 1 heterocycles. The van der Waals surface area contributed by atoms with Crippen LogP contribution < -0.4 is 16.0 Å². The second-order valence-corrected chi connectivity index (χ2v) is 6.12. The van der Waals surface area contributed by atoms with E-state index in [1.54, 1.807) is 0 Å². The predicted molar refractivity (Wildman–Crippen MR) is 91.3 cm³/mol. The Morgan fingerprint density at radius 1 is 1.17 bits per heavy atom. The number of likely N-dealkylation sites (tertiary alicyclic amines) is 1. The quantitative estimate of drug-likeness (QED) is 0.698. The number of amides is 3. The standard InChI is InChI=1S/C17H26N4O2/c1-13(2)16(22)18-9-10-19-17(23)21-11-8-15(12-21)20-14-6-4-3-5-7-14/h3-7,13,15,20H,8-12H2,1-2H3,(H,18,22)(H,19,23). The fraction of sp³-hybridized carbons (Fsp3) is 0.529. The van der Waals surface area contributed by atoms with Gasteiger partial charge in [0.05, 0.1) is 0 Å². The van der Waals surface area contributed by atoms with Crippen LogP contribution in [-0.4, -0.2) is 49.1 Å². The number of rotatable bonds is 6. The number of hydrogen-bond acceptors (Lipinski definition) is 3. The van der Waals surface area contributed by atoms with Gasteiger partial charge < -0.3 is 20.9 Å². The monoisotopic (exact) mass is 318 g/mol. The summed E-state index contributed by atoms with van der Waals surface area (Å²) in [7, 11) is 0. The molecular formula is C17H26N4O2. The van der Waals surface area contributed by atoms with E-state index in [4.69, 9.17) is 0 Å². The van der Waals surface area contributed by atoms with Crippen LogP contribution in [0.1, 0.15) is 20.3 Å². The summed E-state index contributed by atoms with van der Waals surface area (Å²) in [6.07, 6.45) is 0.937. The number of carbonyl (C=O) groups excluding carboxylic acids is 2. The maximum atomic E-state index is 12.1. The summed E-state index contributed by atoms with van der Waals surface area (Å²) in [5.41, 5.74) is 1.08. The summed E-state index contributed by atoms with van der Waals surface area (Å²) in [5, 5.41) is 9.07. The van der Waals surface area contributed by atoms with Gasteiger partial charge in [0, 0.05) is 43.8 Å². The van der Waals surface area contributed by atoms with Gasteiger partial charge in [0.2, 0.25) is 5.91 Å². The van der Waals surface area contributed by atoms with Crippen LogP contribution in [0, 0.1) is 5.92 Å². The van der Waals surface area contributed by atoms with E-state index in [9.17, 15) is 9.59 Å². The Hall–Kier alpha value is -2.24. The molecule has 6 nitrogen and oxygen atoms in total. The molecule has 1 aliphatic rings. The molecule has 1 atom stereocenters. The second kappa shape index (κ2) is 8.41. The molecule has 3 N–H and O–H groups in total. The predicted octanol–water partition coefficient (Wildman–Crippen LogP) is 1.65. The number of nitrogens with one attached hydrogen (secondary N) is 3. The lowest BCUT2D eigenvalue weighted by Crippen LogP contribution is -2.43. The Labute approximate surface area is 137 Å². The molecule has 0 spiro atoms. The lowest BCUT2D eigenvalue weighted by atomic mass is 10.2. The fourth-order valence-corrected chi connectivity index (χ4v) is 2.50. The largest absolute Gasteiger partial charge is 0.380 e. The van der Waals surface area contributed by atoms with E-state index in [0.29, 0.717) is 19.6 Å². The van der Waals surface area contributed by atoms with Crippen LogP contribution in [0.15, 0.2) is 30.3 Å². The van der Waals surface area contributed by atoms with Crippen molar-refractivity contribution in [2.45, 2.75) is 26.3 Å². The normalized spacial score (nSPS) is 17.2. The third kappa shape index (κ3) is 5.47. The second-order valence-electron chi connectivity index (χ2n) is 6.12. The van der Waals surface area contributed by atoms with Gasteiger partial charge in [-0.2, -0.15) is 0 Å². The zero-order valence-electron chi connectivity index (χ0n) is 13.8. The van der Waals surface area contributed by atoms with E-state index in [2.05, 4.69) is 16.0 Å². The maximum absolute atomic E-state index is 12.1. The summed E-state index contributed by atoms with van der Waals surface area (Å²) in [6, 6.07) is 10.2. The molecule has 0 aliphatic carbocycles. The third-order valence-electron chi connectivity index (χ3n) is 3.84. The van der Waals surface area contributed by atoms with Crippen LogP contribution in [0.25, 0.3) is 0 Å². The maximum Gasteiger partial charge on any atom is 0.317 e. The number of carbonyl (C=O) groups is 2. The van der Waals surface area contributed by atoms with Crippen LogP contribution in [0.2, 0.25) is 0 Å². The molecule has 0 bridgehead atoms. The summed E-state index contributed by atoms with van der Waals surface area (Å²) in [4.78, 5) is 25.3. The summed E-state index contributed by atoms with van der Waals surface area (Å²) in [5.74, 6) is -0.0263. The average Bonchev–Trinajstić information content (AvgIpc) is 3.00. The number of para-hydroxylation sites is 1. The first-order valence-corrected chi connectivity index (χ1v) is 8.18. The summed E-state index contributed by atoms with van der Waals surface area (Å²) in [6.45, 7) is 6.04. The van der Waals surface area contributed by atoms with Gasteiger partial charge in [0.25, 0.3) is 0 Å². The van der Waals surface area contributed by atoms with Crippen molar-refractivity contribution < 1.29 is 9.59 Å². The van der Waals surface area contributed by atoms with Crippen molar-refractivity contribution in [1.82, 2.24) is 15.5 Å². The molecule has 1 aromatic carbocycles. The lowest BCUT2D eigenvalue weighted by Gasteiger charge is -2.18. The van der Waals surface area contributed by atoms with Crippen molar-refractivity contribution in [1.29, 1.82) is 0 Å². The summed E-state index contributed by atoms with van der Waals surface area (Å²) >= 11 is 0. The highest BCUT2D eigenvalue weighted by molar-refractivity contribution is 5.78. The molecule has 3 amide bonds. The minimum Gasteiger partial charge on any atom is -0.380 e. The Balaban J connectivity index is 1.66. The van der Waals surface area contributed by atoms with Crippen molar-refractivity contribution in [3.63, 3.8) is 0 Å². The summed E-state index contributed by atoms with van der Waals surface area (Å²) < 4.78 is 0. The highest BCUT2D eigenvalue weighted by atomic mass is 16.2. The molecule has 0 radical (unpaired) electrons. The minimum atomic E-state index is -0.0684. The van der Waals surface area contributed by atoms with Gasteiger partial charge in [-0.05, 0) is 18.6 Å². The van der Waals surface area contributed by atoms with Crippen LogP contribution in [0.5, 0.6) is 0 Å². The molecule has 1 aliphatic heterocycles. The molecule has 1 saturated heterocycles. The van der Waals surface area contributed by atoms with Gasteiger partial charge in [0.15, 0.2) is 0 Å². The molecule has 2 rings (SSSR count). The molecule has 0 saturated carbocycles. The van der Waals surface area contributed by atoms with Crippen LogP contribution in [0.4, 0.5) is 10.5 Å². The first kappa shape index (κ1) is 17.1. The van der Waals surface area contributed by atoms with Crippen LogP contribution in [0.3, 0.4) is 0 Å². The first-order chi connectivity index (χ1) is 11.1. The van der Waals surface area contributed by atoms with Crippen molar-refractivity contribution in [2.24, 2.45) is 5.92 Å². The third-order valence-corrected chi connectivity index (χ3v) is 3.84. The SMILES string of the molecule is CC(C)C(=O)NCCNC(=O)N1CCC(Nc2ccccc2)C1. The zero-order valence-corrected chi connectivity index (χ0v) is 13.8. The van der Waals surface area contributed by atoms with Crippen molar-refractivity contribution >= 4 is 17.6 Å². The van der Waals surface area contributed by atoms with Crippen molar-refractivity contribution in [2.75, 3.05) is 31.5 Å². The topological polar surface area (TPSA) is 73.5 Å². The fourth-order valence-electron chi connectivity index (χ4n) is 2.50. The highest BCUT2D eigenvalue weighted by Crippen LogP contribution is 2.15. The first-order valence-electron chi connectivity index (χ1n) is 8.18. The van der Waals surface area contributed by atoms with Crippen molar-refractivity contribution in [3.8, 4) is 0 Å². The van der Waals surface area contributed by atoms with Gasteiger partial charge >= 0.3 is 6.03 Å². The van der Waals surface area contributed by atoms with Gasteiger partial charge in [-0.1, -0.05) is 32.0 Å². The molecule has 0 aromatic heterocycles. The molecule has 1 unspecified atom stereocenters. The zero-order chi connectivity index (χ0) is 16.7. The van der Waals surface area contributed by atoms with Gasteiger partial charge in [0.1, 0.15) is 0 Å². The lowest BCUT2D eigenvalue weighted by molar-refractivity contribution is -0.123. The van der Waals surface area contributed by atoms with E-state index in [0.717, 1.165) is 18.7 Å². The van der Waals surface area contributed by atoms with E-state index >= 15 is 0 Å². The van der Waals surface area contributed by atoms with E-state index in [1.165, 1.54) is 0 Å². The smallest absolute Gasteiger partial charge is 0.317 e. The van der Waals surface area contributed by atoms with Crippen LogP contribution in [-0.2, 0) is 4.79 Å². The van der Waals surface area contributed by atoms with Crippen LogP contribution >= 0.6 is 0 Å². The number of benzene rings is 1. The van der Waals surface area contributed by atoms with E-state index in [-0.39, 0.29) is 23.9 Å². The molecule has 23 heavy (non-hydrogen) atoms. The number of urea groups is 1. The van der Waals surface area contributed by atoms with Crippen molar-refractivity contribution in [3.05, 3.63) is 30.3 Å². The van der Waals surface area contributed by atoms with Gasteiger partial charge in [-0.15, -0.1) is 0 Å². The number of nitrogens with zero attached hydrogens (tertiary/aromatic N) is 1. The molecule has 1 fully saturated rings. The Morgan fingerprint density at radius 3 is 2.57 bits per heavy atom. The average molecular weight is 318 g/mol. The minimum absolute atomic E-state index is 0.00699. The highest BCUT2D eigenvalue weighted by Gasteiger charge is 2.25. The Kier molecular flexibility index (Phi) is 6.26. The number of anilines is 1. The van der Waals surface area contributed by atoms with E-state index < -0.39 is 0 Å². The molecule has 6 heteroatoms. The van der Waals surface area contributed by atoms with Gasteiger partial charge in [-0.25, -0.2) is 4.79 Å². The molecule has 126 valence electrons. The molecule has 1 aromatic rings. The Bertz CT molecular complexity index is 519. The van der Waals surface area contributed by atoms with E-state index in [1.807, 2.05) is 49.1 Å². The Morgan fingerprint density at radius 2 is 1.87 bits per heavy atom. The number of hydrogen-bond donors (Lipinski definition) is 3. The molecular weight excluding hydrogens is 292 g/mol.